The molecule has 170 valence electrons. The maximum Gasteiger partial charge on any atom is 0.251 e. The van der Waals surface area contributed by atoms with Crippen molar-refractivity contribution in [3.63, 3.8) is 0 Å². The number of hydrogen-bond acceptors (Lipinski definition) is 4. The maximum atomic E-state index is 13.1. The zero-order valence-corrected chi connectivity index (χ0v) is 18.5. The number of rotatable bonds is 10. The molecular weight excluding hydrogens is 421 g/mol. The Bertz CT molecular complexity index is 1220. The van der Waals surface area contributed by atoms with Gasteiger partial charge in [-0.3, -0.25) is 4.79 Å². The number of halogens is 1. The highest BCUT2D eigenvalue weighted by molar-refractivity contribution is 5.94. The first-order valence-electron chi connectivity index (χ1n) is 11.0. The van der Waals surface area contributed by atoms with Gasteiger partial charge in [0.1, 0.15) is 18.2 Å². The van der Waals surface area contributed by atoms with E-state index in [-0.39, 0.29) is 11.7 Å². The van der Waals surface area contributed by atoms with Crippen molar-refractivity contribution in [2.24, 2.45) is 0 Å². The number of nitrogens with zero attached hydrogens (tertiary/aromatic N) is 2. The average molecular weight is 448 g/mol. The van der Waals surface area contributed by atoms with Crippen LogP contribution >= 0.6 is 0 Å². The first-order valence-corrected chi connectivity index (χ1v) is 11.0. The zero-order valence-electron chi connectivity index (χ0n) is 18.5. The summed E-state index contributed by atoms with van der Waals surface area (Å²) in [6, 6.07) is 21.0. The minimum absolute atomic E-state index is 0.242. The molecule has 0 saturated carbocycles. The Labute approximate surface area is 192 Å². The van der Waals surface area contributed by atoms with Crippen molar-refractivity contribution >= 4 is 16.9 Å². The predicted octanol–water partition coefficient (Wildman–Crippen LogP) is 4.63. The number of hydrogen-bond donors (Lipinski definition) is 1. The lowest BCUT2D eigenvalue weighted by atomic mass is 10.2. The largest absolute Gasteiger partial charge is 0.490 e. The molecule has 0 saturated heterocycles. The third-order valence-electron chi connectivity index (χ3n) is 5.20. The van der Waals surface area contributed by atoms with E-state index in [2.05, 4.69) is 9.88 Å². The van der Waals surface area contributed by atoms with Gasteiger partial charge in [-0.2, -0.15) is 0 Å². The molecule has 0 bridgehead atoms. The van der Waals surface area contributed by atoms with Crippen LogP contribution in [0.1, 0.15) is 23.1 Å². The molecule has 0 aliphatic rings. The predicted molar refractivity (Wildman–Crippen MR) is 125 cm³/mol. The summed E-state index contributed by atoms with van der Waals surface area (Å²) in [6.45, 7) is 3.96. The van der Waals surface area contributed by atoms with E-state index in [4.69, 9.17) is 14.5 Å². The van der Waals surface area contributed by atoms with Gasteiger partial charge < -0.3 is 19.4 Å². The van der Waals surface area contributed by atoms with Crippen LogP contribution in [0.2, 0.25) is 0 Å². The molecule has 0 unspecified atom stereocenters. The summed E-state index contributed by atoms with van der Waals surface area (Å²) in [5, 5.41) is 2.88. The van der Waals surface area contributed by atoms with Crippen molar-refractivity contribution in [2.75, 3.05) is 19.8 Å². The van der Waals surface area contributed by atoms with Gasteiger partial charge in [0.05, 0.1) is 24.2 Å². The lowest BCUT2D eigenvalue weighted by Gasteiger charge is -2.14. The van der Waals surface area contributed by atoms with Crippen LogP contribution in [-0.4, -0.2) is 35.2 Å². The lowest BCUT2D eigenvalue weighted by molar-refractivity contribution is 0.0954. The van der Waals surface area contributed by atoms with Crippen LogP contribution in [0.5, 0.6) is 11.5 Å². The third-order valence-corrected chi connectivity index (χ3v) is 5.20. The molecule has 1 N–H and O–H groups in total. The fourth-order valence-corrected chi connectivity index (χ4v) is 3.65. The molecule has 6 nitrogen and oxygen atoms in total. The van der Waals surface area contributed by atoms with Gasteiger partial charge in [-0.1, -0.05) is 24.3 Å². The monoisotopic (exact) mass is 447 g/mol. The van der Waals surface area contributed by atoms with Crippen molar-refractivity contribution in [1.82, 2.24) is 14.9 Å². The Kier molecular flexibility index (Phi) is 7.19. The summed E-state index contributed by atoms with van der Waals surface area (Å²) in [5.41, 5.74) is 2.33. The van der Waals surface area contributed by atoms with E-state index in [0.29, 0.717) is 44.0 Å². The first-order chi connectivity index (χ1) is 16.2. The number of nitrogens with one attached hydrogen (secondary N) is 1. The number of ether oxygens (including phenoxy) is 2. The van der Waals surface area contributed by atoms with Crippen LogP contribution in [0, 0.1) is 5.82 Å². The SMILES string of the molecule is CCOc1ccccc1OCCn1c(CCNC(=O)c2ccc(F)cc2)nc2ccccc21. The highest BCUT2D eigenvalue weighted by atomic mass is 19.1. The van der Waals surface area contributed by atoms with Crippen LogP contribution in [0.4, 0.5) is 4.39 Å². The van der Waals surface area contributed by atoms with E-state index in [9.17, 15) is 9.18 Å². The van der Waals surface area contributed by atoms with Gasteiger partial charge in [-0.15, -0.1) is 0 Å². The molecule has 4 rings (SSSR count). The summed E-state index contributed by atoms with van der Waals surface area (Å²) in [4.78, 5) is 17.1. The number of fused-ring (bicyclic) bond motifs is 1. The van der Waals surface area contributed by atoms with Gasteiger partial charge in [-0.05, 0) is 55.5 Å². The Morgan fingerprint density at radius 3 is 2.42 bits per heavy atom. The smallest absolute Gasteiger partial charge is 0.251 e. The molecule has 1 heterocycles. The fourth-order valence-electron chi connectivity index (χ4n) is 3.65. The first kappa shape index (κ1) is 22.3. The molecule has 7 heteroatoms. The van der Waals surface area contributed by atoms with Crippen LogP contribution < -0.4 is 14.8 Å². The van der Waals surface area contributed by atoms with E-state index in [1.807, 2.05) is 55.5 Å². The van der Waals surface area contributed by atoms with Gasteiger partial charge >= 0.3 is 0 Å². The number of para-hydroxylation sites is 4. The Morgan fingerprint density at radius 1 is 0.970 bits per heavy atom. The van der Waals surface area contributed by atoms with Crippen molar-refractivity contribution in [3.8, 4) is 11.5 Å². The summed E-state index contributed by atoms with van der Waals surface area (Å²) in [6.07, 6.45) is 0.553. The standard InChI is InChI=1S/C26H26FN3O3/c1-2-32-23-9-5-6-10-24(23)33-18-17-30-22-8-4-3-7-21(22)29-25(30)15-16-28-26(31)19-11-13-20(27)14-12-19/h3-14H,2,15-18H2,1H3,(H,28,31). The minimum atomic E-state index is -0.369. The molecular formula is C26H26FN3O3. The topological polar surface area (TPSA) is 65.4 Å². The van der Waals surface area contributed by atoms with E-state index in [0.717, 1.165) is 22.6 Å². The van der Waals surface area contributed by atoms with Crippen molar-refractivity contribution < 1.29 is 18.7 Å². The van der Waals surface area contributed by atoms with Gasteiger partial charge in [0.15, 0.2) is 11.5 Å². The van der Waals surface area contributed by atoms with Gasteiger partial charge in [0, 0.05) is 18.5 Å². The second kappa shape index (κ2) is 10.6. The van der Waals surface area contributed by atoms with Gasteiger partial charge in [0.2, 0.25) is 0 Å². The maximum absolute atomic E-state index is 13.1. The van der Waals surface area contributed by atoms with Crippen molar-refractivity contribution in [2.45, 2.75) is 19.9 Å². The second-order valence-electron chi connectivity index (χ2n) is 7.41. The molecule has 0 aliphatic heterocycles. The molecule has 0 aliphatic carbocycles. The Hall–Kier alpha value is -3.87. The number of amides is 1. The molecule has 0 radical (unpaired) electrons. The van der Waals surface area contributed by atoms with E-state index < -0.39 is 0 Å². The molecule has 1 amide bonds. The number of benzene rings is 3. The molecule has 1 aromatic heterocycles. The van der Waals surface area contributed by atoms with Crippen molar-refractivity contribution in [1.29, 1.82) is 0 Å². The molecule has 4 aromatic rings. The quantitative estimate of drug-likeness (QED) is 0.385. The van der Waals surface area contributed by atoms with Crippen LogP contribution in [0.3, 0.4) is 0 Å². The normalized spacial score (nSPS) is 10.8. The van der Waals surface area contributed by atoms with E-state index >= 15 is 0 Å². The van der Waals surface area contributed by atoms with Crippen LogP contribution in [0.25, 0.3) is 11.0 Å². The number of carbonyl (C=O) groups excluding carboxylic acids is 1. The van der Waals surface area contributed by atoms with Crippen LogP contribution in [0.15, 0.2) is 72.8 Å². The van der Waals surface area contributed by atoms with Gasteiger partial charge in [0.25, 0.3) is 5.91 Å². The number of carbonyl (C=O) groups is 1. The Morgan fingerprint density at radius 2 is 1.67 bits per heavy atom. The van der Waals surface area contributed by atoms with Crippen molar-refractivity contribution in [3.05, 3.63) is 90.0 Å². The van der Waals surface area contributed by atoms with Gasteiger partial charge in [-0.25, -0.2) is 9.37 Å². The number of aromatic nitrogens is 2. The second-order valence-corrected chi connectivity index (χ2v) is 7.41. The Balaban J connectivity index is 1.42. The summed E-state index contributed by atoms with van der Waals surface area (Å²) in [7, 11) is 0. The lowest BCUT2D eigenvalue weighted by Crippen LogP contribution is -2.26. The average Bonchev–Trinajstić information content (AvgIpc) is 3.18. The van der Waals surface area contributed by atoms with Crippen LogP contribution in [-0.2, 0) is 13.0 Å². The number of imidazole rings is 1. The summed E-state index contributed by atoms with van der Waals surface area (Å²) < 4.78 is 26.8. The molecule has 0 fully saturated rings. The fraction of sp³-hybridized carbons (Fsp3) is 0.231. The highest BCUT2D eigenvalue weighted by Crippen LogP contribution is 2.26. The highest BCUT2D eigenvalue weighted by Gasteiger charge is 2.12. The van der Waals surface area contributed by atoms with E-state index in [1.54, 1.807) is 0 Å². The third kappa shape index (κ3) is 5.49. The van der Waals surface area contributed by atoms with E-state index in [1.165, 1.54) is 24.3 Å². The molecule has 0 atom stereocenters. The summed E-state index contributed by atoms with van der Waals surface area (Å²) >= 11 is 0. The molecule has 3 aromatic carbocycles. The molecule has 33 heavy (non-hydrogen) atoms. The minimum Gasteiger partial charge on any atom is -0.490 e. The molecule has 0 spiro atoms. The summed E-state index contributed by atoms with van der Waals surface area (Å²) in [5.74, 6) is 1.67. The zero-order chi connectivity index (χ0) is 23.0.